The highest BCUT2D eigenvalue weighted by molar-refractivity contribution is 6.46. The molecule has 0 unspecified atom stereocenters. The average Bonchev–Trinajstić information content (AvgIpc) is 3.01. The molecule has 1 heterocycles. The first-order valence-electron chi connectivity index (χ1n) is 9.97. The van der Waals surface area contributed by atoms with Crippen molar-refractivity contribution in [3.8, 4) is 5.75 Å². The van der Waals surface area contributed by atoms with E-state index in [2.05, 4.69) is 5.32 Å². The molecule has 3 aromatic rings. The first-order chi connectivity index (χ1) is 15.7. The Balaban J connectivity index is 1.86. The molecule has 0 spiro atoms. The van der Waals surface area contributed by atoms with E-state index in [0.29, 0.717) is 26.9 Å². The molecule has 0 atom stereocenters. The van der Waals surface area contributed by atoms with Gasteiger partial charge in [-0.3, -0.25) is 9.59 Å². The van der Waals surface area contributed by atoms with Crippen LogP contribution in [0, 0.1) is 25.5 Å². The number of carbonyl (C=O) groups excluding carboxylic acids is 2. The predicted octanol–water partition coefficient (Wildman–Crippen LogP) is 5.64. The third kappa shape index (κ3) is 4.07. The summed E-state index contributed by atoms with van der Waals surface area (Å²) in [6.07, 6.45) is 0. The van der Waals surface area contributed by atoms with Gasteiger partial charge in [-0.25, -0.2) is 13.7 Å². The van der Waals surface area contributed by atoms with Crippen molar-refractivity contribution in [1.29, 1.82) is 0 Å². The zero-order valence-corrected chi connectivity index (χ0v) is 18.8. The Labute approximate surface area is 194 Å². The summed E-state index contributed by atoms with van der Waals surface area (Å²) in [6.45, 7) is 3.79. The highest BCUT2D eigenvalue weighted by Crippen LogP contribution is 2.36. The summed E-state index contributed by atoms with van der Waals surface area (Å²) in [4.78, 5) is 27.4. The average molecular weight is 469 g/mol. The van der Waals surface area contributed by atoms with Crippen molar-refractivity contribution < 1.29 is 23.1 Å². The molecule has 3 aromatic carbocycles. The third-order valence-electron chi connectivity index (χ3n) is 5.45. The summed E-state index contributed by atoms with van der Waals surface area (Å²) in [5.74, 6) is -2.82. The van der Waals surface area contributed by atoms with E-state index in [1.54, 1.807) is 24.3 Å². The van der Waals surface area contributed by atoms with Crippen LogP contribution in [-0.4, -0.2) is 18.9 Å². The number of hydrogen-bond acceptors (Lipinski definition) is 4. The minimum atomic E-state index is -0.897. The van der Waals surface area contributed by atoms with Crippen molar-refractivity contribution in [3.05, 3.63) is 93.6 Å². The number of anilines is 2. The third-order valence-corrected chi connectivity index (χ3v) is 5.75. The van der Waals surface area contributed by atoms with Gasteiger partial charge in [-0.05, 0) is 60.9 Å². The van der Waals surface area contributed by atoms with E-state index in [9.17, 15) is 18.4 Å². The second kappa shape index (κ2) is 8.67. The highest BCUT2D eigenvalue weighted by atomic mass is 35.5. The second-order valence-corrected chi connectivity index (χ2v) is 7.97. The van der Waals surface area contributed by atoms with Gasteiger partial charge in [0.15, 0.2) is 0 Å². The molecule has 5 nitrogen and oxygen atoms in total. The molecule has 1 N–H and O–H groups in total. The fourth-order valence-electron chi connectivity index (χ4n) is 3.57. The minimum absolute atomic E-state index is 0.0405. The number of imide groups is 1. The molecule has 33 heavy (non-hydrogen) atoms. The standard InChI is InChI=1S/C25H19ClF2N2O3/c1-13-4-5-15(10-14(13)2)22-23(29-17-7-9-21(33-3)18(26)12-17)25(32)30(24(22)31)20-11-16(27)6-8-19(20)28/h4-12,29H,1-3H3. The monoisotopic (exact) mass is 468 g/mol. The molecule has 0 aliphatic carbocycles. The van der Waals surface area contributed by atoms with Crippen LogP contribution >= 0.6 is 11.6 Å². The molecule has 8 heteroatoms. The topological polar surface area (TPSA) is 58.6 Å². The van der Waals surface area contributed by atoms with Gasteiger partial charge in [0.25, 0.3) is 11.8 Å². The van der Waals surface area contributed by atoms with E-state index in [0.717, 1.165) is 29.3 Å². The van der Waals surface area contributed by atoms with Gasteiger partial charge >= 0.3 is 0 Å². The second-order valence-electron chi connectivity index (χ2n) is 7.56. The van der Waals surface area contributed by atoms with Crippen molar-refractivity contribution in [1.82, 2.24) is 0 Å². The van der Waals surface area contributed by atoms with Gasteiger partial charge in [0.05, 0.1) is 23.4 Å². The van der Waals surface area contributed by atoms with Crippen LogP contribution in [-0.2, 0) is 9.59 Å². The van der Waals surface area contributed by atoms with Gasteiger partial charge in [0, 0.05) is 11.8 Å². The number of carbonyl (C=O) groups is 2. The van der Waals surface area contributed by atoms with Gasteiger partial charge in [-0.15, -0.1) is 0 Å². The first-order valence-corrected chi connectivity index (χ1v) is 10.4. The molecule has 0 saturated carbocycles. The smallest absolute Gasteiger partial charge is 0.282 e. The molecule has 0 bridgehead atoms. The van der Waals surface area contributed by atoms with Gasteiger partial charge in [0.2, 0.25) is 0 Å². The quantitative estimate of drug-likeness (QED) is 0.492. The van der Waals surface area contributed by atoms with Gasteiger partial charge in [-0.1, -0.05) is 29.8 Å². The Bertz CT molecular complexity index is 1340. The van der Waals surface area contributed by atoms with E-state index in [-0.39, 0.29) is 11.3 Å². The highest BCUT2D eigenvalue weighted by Gasteiger charge is 2.41. The number of aryl methyl sites for hydroxylation is 2. The maximum absolute atomic E-state index is 14.5. The number of benzene rings is 3. The largest absolute Gasteiger partial charge is 0.495 e. The number of halogens is 3. The summed E-state index contributed by atoms with van der Waals surface area (Å²) in [5, 5.41) is 3.23. The van der Waals surface area contributed by atoms with E-state index in [1.807, 2.05) is 19.9 Å². The van der Waals surface area contributed by atoms with Crippen molar-refractivity contribution in [2.75, 3.05) is 17.3 Å². The van der Waals surface area contributed by atoms with Crippen molar-refractivity contribution >= 4 is 40.4 Å². The van der Waals surface area contributed by atoms with E-state index < -0.39 is 29.1 Å². The lowest BCUT2D eigenvalue weighted by atomic mass is 9.99. The number of amides is 2. The SMILES string of the molecule is COc1ccc(NC2=C(c3ccc(C)c(C)c3)C(=O)N(c3cc(F)ccc3F)C2=O)cc1Cl. The maximum atomic E-state index is 14.5. The molecule has 168 valence electrons. The van der Waals surface area contributed by atoms with Gasteiger partial charge in [-0.2, -0.15) is 0 Å². The molecule has 0 fully saturated rings. The summed E-state index contributed by atoms with van der Waals surface area (Å²) in [6, 6.07) is 12.7. The van der Waals surface area contributed by atoms with Crippen molar-refractivity contribution in [2.24, 2.45) is 0 Å². The number of nitrogens with zero attached hydrogens (tertiary/aromatic N) is 1. The summed E-state index contributed by atoms with van der Waals surface area (Å²) < 4.78 is 33.5. The molecule has 0 aromatic heterocycles. The molecule has 0 saturated heterocycles. The Kier molecular flexibility index (Phi) is 5.91. The van der Waals surface area contributed by atoms with E-state index in [4.69, 9.17) is 16.3 Å². The van der Waals surface area contributed by atoms with Gasteiger partial charge in [0.1, 0.15) is 23.1 Å². The Hall–Kier alpha value is -3.71. The fourth-order valence-corrected chi connectivity index (χ4v) is 3.83. The molecule has 1 aliphatic heterocycles. The molecule has 1 aliphatic rings. The summed E-state index contributed by atoms with van der Waals surface area (Å²) >= 11 is 6.20. The molecular weight excluding hydrogens is 450 g/mol. The van der Waals surface area contributed by atoms with Gasteiger partial charge < -0.3 is 10.1 Å². The van der Waals surface area contributed by atoms with Crippen molar-refractivity contribution in [3.63, 3.8) is 0 Å². The normalized spacial score (nSPS) is 13.7. The molecular formula is C25H19ClF2N2O3. The maximum Gasteiger partial charge on any atom is 0.282 e. The van der Waals surface area contributed by atoms with Crippen LogP contribution in [0.3, 0.4) is 0 Å². The van der Waals surface area contributed by atoms with Crippen LogP contribution in [0.25, 0.3) is 5.57 Å². The van der Waals surface area contributed by atoms with Crippen LogP contribution in [0.2, 0.25) is 5.02 Å². The number of hydrogen-bond donors (Lipinski definition) is 1. The summed E-state index contributed by atoms with van der Waals surface area (Å²) in [5.41, 5.74) is 2.29. The molecule has 4 rings (SSSR count). The predicted molar refractivity (Wildman–Crippen MR) is 123 cm³/mol. The summed E-state index contributed by atoms with van der Waals surface area (Å²) in [7, 11) is 1.47. The van der Waals surface area contributed by atoms with Crippen LogP contribution < -0.4 is 15.0 Å². The van der Waals surface area contributed by atoms with Crippen LogP contribution in [0.5, 0.6) is 5.75 Å². The lowest BCUT2D eigenvalue weighted by Crippen LogP contribution is -2.33. The first kappa shape index (κ1) is 22.5. The lowest BCUT2D eigenvalue weighted by Gasteiger charge is -2.16. The fraction of sp³-hybridized carbons (Fsp3) is 0.120. The number of nitrogens with one attached hydrogen (secondary N) is 1. The number of ether oxygens (including phenoxy) is 1. The zero-order chi connectivity index (χ0) is 23.9. The zero-order valence-electron chi connectivity index (χ0n) is 18.0. The number of methoxy groups -OCH3 is 1. The van der Waals surface area contributed by atoms with Crippen LogP contribution in [0.15, 0.2) is 60.3 Å². The van der Waals surface area contributed by atoms with E-state index >= 15 is 0 Å². The lowest BCUT2D eigenvalue weighted by molar-refractivity contribution is -0.120. The van der Waals surface area contributed by atoms with Crippen molar-refractivity contribution in [2.45, 2.75) is 13.8 Å². The minimum Gasteiger partial charge on any atom is -0.495 e. The van der Waals surface area contributed by atoms with Crippen LogP contribution in [0.1, 0.15) is 16.7 Å². The Morgan fingerprint density at radius 2 is 1.67 bits per heavy atom. The van der Waals surface area contributed by atoms with E-state index in [1.165, 1.54) is 13.2 Å². The number of rotatable bonds is 5. The Morgan fingerprint density at radius 1 is 0.909 bits per heavy atom. The molecule has 2 amide bonds. The molecule has 0 radical (unpaired) electrons. The Morgan fingerprint density at radius 3 is 2.33 bits per heavy atom. The van der Waals surface area contributed by atoms with Crippen LogP contribution in [0.4, 0.5) is 20.2 Å².